The molecule has 1 saturated heterocycles. The zero-order valence-electron chi connectivity index (χ0n) is 23.9. The van der Waals surface area contributed by atoms with Gasteiger partial charge in [0, 0.05) is 25.9 Å². The summed E-state index contributed by atoms with van der Waals surface area (Å²) in [6.45, 7) is 3.07. The van der Waals surface area contributed by atoms with E-state index in [0.717, 1.165) is 61.9 Å². The molecule has 0 atom stereocenters. The summed E-state index contributed by atoms with van der Waals surface area (Å²) < 4.78 is 30.3. The summed E-state index contributed by atoms with van der Waals surface area (Å²) in [5.74, 6) is 0.653. The second kappa shape index (κ2) is 11.8. The largest absolute Gasteiger partial charge is 0.370 e. The number of fused-ring (bicyclic) bond motifs is 1. The second-order valence-corrected chi connectivity index (χ2v) is 13.4. The fraction of sp³-hybridized carbons (Fsp3) is 0.375. The number of likely N-dealkylation sites (tertiary alicyclic amines) is 1. The molecule has 220 valence electrons. The first-order valence-electron chi connectivity index (χ1n) is 14.8. The minimum Gasteiger partial charge on any atom is -0.370 e. The number of anilines is 1. The van der Waals surface area contributed by atoms with E-state index in [1.54, 1.807) is 29.2 Å². The van der Waals surface area contributed by atoms with Crippen LogP contribution in [0.4, 0.5) is 5.69 Å². The maximum Gasteiger partial charge on any atom is 0.264 e. The van der Waals surface area contributed by atoms with E-state index >= 15 is 0 Å². The van der Waals surface area contributed by atoms with Crippen molar-refractivity contribution in [1.82, 2.24) is 4.90 Å². The highest BCUT2D eigenvalue weighted by Gasteiger charge is 2.34. The fourth-order valence-electron chi connectivity index (χ4n) is 5.70. The van der Waals surface area contributed by atoms with Crippen molar-refractivity contribution in [2.24, 2.45) is 10.7 Å². The molecule has 0 radical (unpaired) electrons. The summed E-state index contributed by atoms with van der Waals surface area (Å²) in [6.07, 6.45) is 8.33. The first-order chi connectivity index (χ1) is 20.3. The van der Waals surface area contributed by atoms with E-state index in [1.807, 2.05) is 54.9 Å². The van der Waals surface area contributed by atoms with E-state index in [1.165, 1.54) is 10.7 Å². The molecule has 9 nitrogen and oxygen atoms in total. The first-order valence-corrected chi connectivity index (χ1v) is 16.2. The Kier molecular flexibility index (Phi) is 7.92. The highest BCUT2D eigenvalue weighted by Crippen LogP contribution is 2.32. The number of aliphatic imine (C=N–C) groups is 1. The Labute approximate surface area is 248 Å². The van der Waals surface area contributed by atoms with Crippen LogP contribution in [0.2, 0.25) is 0 Å². The van der Waals surface area contributed by atoms with Crippen LogP contribution < -0.4 is 14.9 Å². The standard InChI is InChI=1S/C32H39N6O3S/c33-32(34)36-18-17-26-9-12-29(21-27(26)23-36)37(22-25-7-3-1-4-8-25)42(39,40)31-15-13-30(14-16-31)41-38(19-5-2-6-20-38)24-35-28-10-11-28/h1,3-4,7-9,12-16,21,24,28H,2,5-6,10-11,17-20,22-23H2,(H3,33,34)/q+1. The van der Waals surface area contributed by atoms with Crippen molar-refractivity contribution >= 4 is 28.0 Å². The van der Waals surface area contributed by atoms with Crippen LogP contribution in [0, 0.1) is 5.41 Å². The van der Waals surface area contributed by atoms with Crippen molar-refractivity contribution in [3.05, 3.63) is 89.5 Å². The van der Waals surface area contributed by atoms with Crippen molar-refractivity contribution in [2.75, 3.05) is 23.9 Å². The van der Waals surface area contributed by atoms with E-state index in [4.69, 9.17) is 21.0 Å². The maximum atomic E-state index is 14.2. The van der Waals surface area contributed by atoms with Crippen LogP contribution in [0.25, 0.3) is 0 Å². The molecule has 0 unspecified atom stereocenters. The summed E-state index contributed by atoms with van der Waals surface area (Å²) in [5, 5.41) is 7.86. The highest BCUT2D eigenvalue weighted by atomic mass is 32.2. The topological polar surface area (TPSA) is 112 Å². The quantitative estimate of drug-likeness (QED) is 0.212. The molecule has 3 aromatic carbocycles. The number of nitrogens with zero attached hydrogens (tertiary/aromatic N) is 4. The Balaban J connectivity index is 1.29. The summed E-state index contributed by atoms with van der Waals surface area (Å²) >= 11 is 0. The summed E-state index contributed by atoms with van der Waals surface area (Å²) in [4.78, 5) is 13.2. The van der Waals surface area contributed by atoms with E-state index in [2.05, 4.69) is 0 Å². The SMILES string of the molecule is N=C(N)N1CCc2ccc(N(Cc3ccccc3)S(=O)(=O)c3ccc(O[N+]4(C=NC5CC5)CCCCC4)cc3)cc2C1. The number of nitrogens with two attached hydrogens (primary N) is 1. The molecular weight excluding hydrogens is 548 g/mol. The number of rotatable bonds is 9. The zero-order chi connectivity index (χ0) is 29.2. The van der Waals surface area contributed by atoms with Gasteiger partial charge in [0.05, 0.1) is 23.2 Å². The molecule has 2 fully saturated rings. The molecule has 10 heteroatoms. The van der Waals surface area contributed by atoms with Crippen LogP contribution in [0.3, 0.4) is 0 Å². The lowest BCUT2D eigenvalue weighted by atomic mass is 9.99. The lowest BCUT2D eigenvalue weighted by Crippen LogP contribution is -2.53. The molecule has 2 aliphatic heterocycles. The van der Waals surface area contributed by atoms with Gasteiger partial charge in [-0.25, -0.2) is 13.4 Å². The zero-order valence-corrected chi connectivity index (χ0v) is 24.7. The molecule has 0 amide bonds. The van der Waals surface area contributed by atoms with Crippen molar-refractivity contribution in [1.29, 1.82) is 5.41 Å². The molecule has 3 aliphatic rings. The lowest BCUT2D eigenvalue weighted by molar-refractivity contribution is -1.00. The Morgan fingerprint density at radius 3 is 2.45 bits per heavy atom. The van der Waals surface area contributed by atoms with E-state index in [9.17, 15) is 8.42 Å². The van der Waals surface area contributed by atoms with Gasteiger partial charge in [-0.3, -0.25) is 9.71 Å². The first kappa shape index (κ1) is 28.2. The van der Waals surface area contributed by atoms with Crippen LogP contribution in [0.15, 0.2) is 82.7 Å². The normalized spacial score (nSPS) is 18.4. The van der Waals surface area contributed by atoms with Gasteiger partial charge in [-0.05, 0) is 78.8 Å². The van der Waals surface area contributed by atoms with Gasteiger partial charge in [-0.2, -0.15) is 0 Å². The van der Waals surface area contributed by atoms with E-state index < -0.39 is 10.0 Å². The van der Waals surface area contributed by atoms with E-state index in [-0.39, 0.29) is 17.4 Å². The molecule has 0 bridgehead atoms. The number of benzene rings is 3. The van der Waals surface area contributed by atoms with Crippen LogP contribution >= 0.6 is 0 Å². The molecule has 0 spiro atoms. The number of hydrogen-bond donors (Lipinski definition) is 2. The van der Waals surface area contributed by atoms with Gasteiger partial charge in [0.15, 0.2) is 11.7 Å². The van der Waals surface area contributed by atoms with Crippen LogP contribution in [-0.2, 0) is 29.5 Å². The lowest BCUT2D eigenvalue weighted by Gasteiger charge is -2.34. The third kappa shape index (κ3) is 6.29. The summed E-state index contributed by atoms with van der Waals surface area (Å²) in [6, 6.07) is 22.6. The van der Waals surface area contributed by atoms with Gasteiger partial charge in [-0.1, -0.05) is 41.0 Å². The second-order valence-electron chi connectivity index (χ2n) is 11.5. The molecule has 42 heavy (non-hydrogen) atoms. The third-order valence-corrected chi connectivity index (χ3v) is 10.1. The molecule has 3 aromatic rings. The number of piperidine rings is 1. The van der Waals surface area contributed by atoms with E-state index in [0.29, 0.717) is 35.2 Å². The Morgan fingerprint density at radius 1 is 1.02 bits per heavy atom. The summed E-state index contributed by atoms with van der Waals surface area (Å²) in [5.41, 5.74) is 9.36. The van der Waals surface area contributed by atoms with Crippen molar-refractivity contribution in [3.63, 3.8) is 0 Å². The monoisotopic (exact) mass is 587 g/mol. The van der Waals surface area contributed by atoms with Crippen molar-refractivity contribution < 1.29 is 17.9 Å². The average Bonchev–Trinajstić information content (AvgIpc) is 3.84. The molecule has 0 aromatic heterocycles. The Bertz CT molecular complexity index is 1550. The number of quaternary nitrogens is 1. The summed E-state index contributed by atoms with van der Waals surface area (Å²) in [7, 11) is -3.92. The number of nitrogens with one attached hydrogen (secondary N) is 1. The van der Waals surface area contributed by atoms with Gasteiger partial charge in [0.2, 0.25) is 6.34 Å². The molecule has 2 heterocycles. The van der Waals surface area contributed by atoms with Gasteiger partial charge < -0.3 is 15.5 Å². The third-order valence-electron chi connectivity index (χ3n) is 8.31. The van der Waals surface area contributed by atoms with Crippen LogP contribution in [-0.4, -0.2) is 55.9 Å². The number of hydroxylamine groups is 3. The minimum absolute atomic E-state index is 0.0227. The highest BCUT2D eigenvalue weighted by molar-refractivity contribution is 7.92. The number of guanidine groups is 1. The van der Waals surface area contributed by atoms with Gasteiger partial charge in [0.25, 0.3) is 10.0 Å². The number of sulfonamides is 1. The predicted octanol–water partition coefficient (Wildman–Crippen LogP) is 4.82. The van der Waals surface area contributed by atoms with Crippen LogP contribution in [0.5, 0.6) is 5.75 Å². The molecule has 1 aliphatic carbocycles. The average molecular weight is 588 g/mol. The van der Waals surface area contributed by atoms with Crippen LogP contribution in [0.1, 0.15) is 48.8 Å². The number of hydrogen-bond acceptors (Lipinski definition) is 5. The van der Waals surface area contributed by atoms with Crippen molar-refractivity contribution in [2.45, 2.75) is 62.6 Å². The maximum absolute atomic E-state index is 14.2. The smallest absolute Gasteiger partial charge is 0.264 e. The molecular formula is C32H39N6O3S+. The predicted molar refractivity (Wildman–Crippen MR) is 165 cm³/mol. The molecule has 1 saturated carbocycles. The van der Waals surface area contributed by atoms with Gasteiger partial charge in [0.1, 0.15) is 13.1 Å². The Morgan fingerprint density at radius 2 is 1.76 bits per heavy atom. The minimum atomic E-state index is -3.92. The molecule has 3 N–H and O–H groups in total. The Hall–Kier alpha value is -3.89. The van der Waals surface area contributed by atoms with Gasteiger partial charge >= 0.3 is 0 Å². The van der Waals surface area contributed by atoms with Crippen molar-refractivity contribution in [3.8, 4) is 5.75 Å². The van der Waals surface area contributed by atoms with Gasteiger partial charge in [-0.15, -0.1) is 0 Å². The fourth-order valence-corrected chi connectivity index (χ4v) is 7.14. The molecule has 6 rings (SSSR count).